The summed E-state index contributed by atoms with van der Waals surface area (Å²) in [5, 5.41) is 2.85. The van der Waals surface area contributed by atoms with Gasteiger partial charge in [-0.1, -0.05) is 36.4 Å². The second-order valence-corrected chi connectivity index (χ2v) is 5.61. The maximum atomic E-state index is 11.3. The third-order valence-corrected chi connectivity index (χ3v) is 3.67. The molecule has 1 aliphatic heterocycles. The molecule has 2 aromatic carbocycles. The van der Waals surface area contributed by atoms with Gasteiger partial charge in [0.1, 0.15) is 0 Å². The van der Waals surface area contributed by atoms with E-state index in [1.807, 2.05) is 42.5 Å². The molecular formula is C13H11NO3S. The Hall–Kier alpha value is -2.01. The van der Waals surface area contributed by atoms with E-state index in [2.05, 4.69) is 5.32 Å². The molecule has 0 radical (unpaired) electrons. The minimum atomic E-state index is -3.48. The fourth-order valence-electron chi connectivity index (χ4n) is 1.88. The first-order valence-corrected chi connectivity index (χ1v) is 7.07. The van der Waals surface area contributed by atoms with Crippen LogP contribution in [0.15, 0.2) is 48.5 Å². The van der Waals surface area contributed by atoms with Gasteiger partial charge in [0.25, 0.3) is 0 Å². The van der Waals surface area contributed by atoms with Crippen molar-refractivity contribution >= 4 is 15.8 Å². The van der Waals surface area contributed by atoms with Crippen LogP contribution in [-0.4, -0.2) is 14.3 Å². The Balaban J connectivity index is 2.03. The van der Waals surface area contributed by atoms with Crippen LogP contribution in [0.3, 0.4) is 0 Å². The molecule has 1 aliphatic rings. The summed E-state index contributed by atoms with van der Waals surface area (Å²) in [6.07, 6.45) is 0. The van der Waals surface area contributed by atoms with Crippen molar-refractivity contribution in [3.8, 4) is 16.9 Å². The zero-order valence-electron chi connectivity index (χ0n) is 9.46. The maximum absolute atomic E-state index is 11.3. The van der Waals surface area contributed by atoms with E-state index in [-0.39, 0.29) is 5.88 Å². The highest BCUT2D eigenvalue weighted by Gasteiger charge is 2.21. The van der Waals surface area contributed by atoms with Crippen LogP contribution in [0.4, 0.5) is 5.69 Å². The van der Waals surface area contributed by atoms with Crippen LogP contribution < -0.4 is 9.50 Å². The summed E-state index contributed by atoms with van der Waals surface area (Å²) in [5.41, 5.74) is 2.80. The van der Waals surface area contributed by atoms with Gasteiger partial charge in [-0.05, 0) is 23.3 Å². The van der Waals surface area contributed by atoms with E-state index in [9.17, 15) is 8.42 Å². The van der Waals surface area contributed by atoms with Crippen molar-refractivity contribution in [3.05, 3.63) is 48.5 Å². The molecule has 0 aromatic heterocycles. The molecule has 0 aliphatic carbocycles. The highest BCUT2D eigenvalue weighted by molar-refractivity contribution is 7.87. The van der Waals surface area contributed by atoms with E-state index < -0.39 is 10.1 Å². The predicted molar refractivity (Wildman–Crippen MR) is 69.9 cm³/mol. The molecule has 2 aromatic rings. The second kappa shape index (κ2) is 4.03. The Labute approximate surface area is 105 Å². The summed E-state index contributed by atoms with van der Waals surface area (Å²) in [6, 6.07) is 15.3. The fraction of sp³-hybridized carbons (Fsp3) is 0.0769. The number of benzene rings is 2. The average molecular weight is 261 g/mol. The monoisotopic (exact) mass is 261 g/mol. The van der Waals surface area contributed by atoms with Crippen molar-refractivity contribution in [2.75, 3.05) is 11.2 Å². The van der Waals surface area contributed by atoms with Crippen molar-refractivity contribution in [2.45, 2.75) is 0 Å². The maximum Gasteiger partial charge on any atom is 0.327 e. The van der Waals surface area contributed by atoms with Gasteiger partial charge >= 0.3 is 10.1 Å². The number of hydrogen-bond donors (Lipinski definition) is 1. The third kappa shape index (κ3) is 2.04. The van der Waals surface area contributed by atoms with Crippen molar-refractivity contribution in [3.63, 3.8) is 0 Å². The molecule has 0 fully saturated rings. The van der Waals surface area contributed by atoms with Crippen LogP contribution in [0, 0.1) is 0 Å². The Morgan fingerprint density at radius 2 is 1.78 bits per heavy atom. The summed E-state index contributed by atoms with van der Waals surface area (Å²) < 4.78 is 27.5. The number of fused-ring (bicyclic) bond motifs is 1. The van der Waals surface area contributed by atoms with Crippen LogP contribution >= 0.6 is 0 Å². The van der Waals surface area contributed by atoms with Gasteiger partial charge in [-0.2, -0.15) is 8.42 Å². The second-order valence-electron chi connectivity index (χ2n) is 4.04. The Morgan fingerprint density at radius 1 is 1.00 bits per heavy atom. The first-order chi connectivity index (χ1) is 8.64. The van der Waals surface area contributed by atoms with Crippen LogP contribution in [0.1, 0.15) is 0 Å². The van der Waals surface area contributed by atoms with Gasteiger partial charge in [-0.15, -0.1) is 0 Å². The molecule has 92 valence electrons. The molecule has 18 heavy (non-hydrogen) atoms. The normalized spacial score (nSPS) is 16.2. The molecule has 0 atom stereocenters. The Bertz CT molecular complexity index is 681. The van der Waals surface area contributed by atoms with Crippen molar-refractivity contribution < 1.29 is 12.6 Å². The first kappa shape index (κ1) is 11.1. The van der Waals surface area contributed by atoms with Gasteiger partial charge in [0.15, 0.2) is 11.6 Å². The van der Waals surface area contributed by atoms with Gasteiger partial charge in [-0.25, -0.2) is 0 Å². The molecule has 0 spiro atoms. The summed E-state index contributed by atoms with van der Waals surface area (Å²) in [4.78, 5) is 0. The molecule has 0 unspecified atom stereocenters. The van der Waals surface area contributed by atoms with Gasteiger partial charge in [0.2, 0.25) is 0 Å². The van der Waals surface area contributed by atoms with E-state index in [0.717, 1.165) is 11.1 Å². The van der Waals surface area contributed by atoms with Crippen LogP contribution in [-0.2, 0) is 10.1 Å². The van der Waals surface area contributed by atoms with Crippen molar-refractivity contribution in [1.82, 2.24) is 0 Å². The number of anilines is 1. The zero-order chi connectivity index (χ0) is 12.6. The molecule has 0 saturated carbocycles. The molecule has 1 heterocycles. The largest absolute Gasteiger partial charge is 0.379 e. The van der Waals surface area contributed by atoms with Crippen LogP contribution in [0.2, 0.25) is 0 Å². The van der Waals surface area contributed by atoms with E-state index in [1.54, 1.807) is 6.07 Å². The van der Waals surface area contributed by atoms with E-state index in [1.165, 1.54) is 0 Å². The molecule has 5 heteroatoms. The number of hydrogen-bond acceptors (Lipinski definition) is 4. The van der Waals surface area contributed by atoms with E-state index in [4.69, 9.17) is 4.18 Å². The minimum absolute atomic E-state index is 0.196. The number of nitrogens with one attached hydrogen (secondary N) is 1. The Morgan fingerprint density at radius 3 is 2.56 bits per heavy atom. The Kier molecular flexibility index (Phi) is 2.48. The van der Waals surface area contributed by atoms with Gasteiger partial charge < -0.3 is 9.50 Å². The van der Waals surface area contributed by atoms with Crippen molar-refractivity contribution in [2.24, 2.45) is 0 Å². The lowest BCUT2D eigenvalue weighted by Gasteiger charge is -2.19. The molecule has 4 nitrogen and oxygen atoms in total. The summed E-state index contributed by atoms with van der Waals surface area (Å²) >= 11 is 0. The van der Waals surface area contributed by atoms with Crippen molar-refractivity contribution in [1.29, 1.82) is 0 Å². The molecule has 0 amide bonds. The number of rotatable bonds is 1. The van der Waals surface area contributed by atoms with Gasteiger partial charge in [0, 0.05) is 0 Å². The molecular weight excluding hydrogens is 250 g/mol. The summed E-state index contributed by atoms with van der Waals surface area (Å²) in [5.74, 6) is 0.152. The van der Waals surface area contributed by atoms with Gasteiger partial charge in [-0.3, -0.25) is 0 Å². The topological polar surface area (TPSA) is 55.4 Å². The lowest BCUT2D eigenvalue weighted by molar-refractivity contribution is 0.483. The molecule has 0 saturated heterocycles. The molecule has 0 bridgehead atoms. The predicted octanol–water partition coefficient (Wildman–Crippen LogP) is 2.45. The summed E-state index contributed by atoms with van der Waals surface area (Å²) in [6.45, 7) is 0. The average Bonchev–Trinajstić information content (AvgIpc) is 2.38. The highest BCUT2D eigenvalue weighted by atomic mass is 32.2. The summed E-state index contributed by atoms with van der Waals surface area (Å²) in [7, 11) is -3.48. The smallest absolute Gasteiger partial charge is 0.327 e. The standard InChI is InChI=1S/C13H11NO3S/c15-18(16)9-14-12-8-11(6-7-13(12)17-18)10-4-2-1-3-5-10/h1-8,14H,9H2. The van der Waals surface area contributed by atoms with Crippen LogP contribution in [0.25, 0.3) is 11.1 Å². The van der Waals surface area contributed by atoms with Gasteiger partial charge in [0.05, 0.1) is 5.69 Å². The SMILES string of the molecule is O=S1(=O)CNc2cc(-c3ccccc3)ccc2O1. The third-order valence-electron chi connectivity index (χ3n) is 2.74. The fourth-order valence-corrected chi connectivity index (χ4v) is 2.69. The lowest BCUT2D eigenvalue weighted by Crippen LogP contribution is -2.24. The molecule has 1 N–H and O–H groups in total. The zero-order valence-corrected chi connectivity index (χ0v) is 10.3. The quantitative estimate of drug-likeness (QED) is 0.801. The molecule has 3 rings (SSSR count). The highest BCUT2D eigenvalue weighted by Crippen LogP contribution is 2.33. The van der Waals surface area contributed by atoms with E-state index >= 15 is 0 Å². The van der Waals surface area contributed by atoms with Crippen LogP contribution in [0.5, 0.6) is 5.75 Å². The lowest BCUT2D eigenvalue weighted by atomic mass is 10.0. The van der Waals surface area contributed by atoms with E-state index in [0.29, 0.717) is 11.4 Å². The minimum Gasteiger partial charge on any atom is -0.379 e. The first-order valence-electron chi connectivity index (χ1n) is 5.50.